The van der Waals surface area contributed by atoms with E-state index in [2.05, 4.69) is 0 Å². The van der Waals surface area contributed by atoms with Gasteiger partial charge in [0.05, 0.1) is 12.8 Å². The molecule has 1 aromatic carbocycles. The topological polar surface area (TPSA) is 66.8 Å². The van der Waals surface area contributed by atoms with Crippen LogP contribution in [0, 0.1) is 5.92 Å². The third kappa shape index (κ3) is 3.05. The molecule has 5 nitrogen and oxygen atoms in total. The van der Waals surface area contributed by atoms with Gasteiger partial charge >= 0.3 is 5.97 Å². The number of aliphatic carboxylic acids is 1. The summed E-state index contributed by atoms with van der Waals surface area (Å²) in [6, 6.07) is 7.36. The number of carboxylic acid groups (broad SMARTS) is 1. The number of piperidine rings is 1. The van der Waals surface area contributed by atoms with Gasteiger partial charge in [-0.25, -0.2) is 0 Å². The van der Waals surface area contributed by atoms with E-state index in [1.807, 2.05) is 24.3 Å². The number of amides is 1. The lowest BCUT2D eigenvalue weighted by molar-refractivity contribution is -0.138. The van der Waals surface area contributed by atoms with Gasteiger partial charge in [0.2, 0.25) is 5.91 Å². The summed E-state index contributed by atoms with van der Waals surface area (Å²) in [6.07, 6.45) is 1.05. The van der Waals surface area contributed by atoms with Crippen LogP contribution in [0.15, 0.2) is 24.3 Å². The summed E-state index contributed by atoms with van der Waals surface area (Å²) < 4.78 is 5.25. The fourth-order valence-corrected chi connectivity index (χ4v) is 2.42. The summed E-state index contributed by atoms with van der Waals surface area (Å²) in [4.78, 5) is 24.5. The summed E-state index contributed by atoms with van der Waals surface area (Å²) in [7, 11) is 1.57. The van der Waals surface area contributed by atoms with Crippen LogP contribution in [0.25, 0.3) is 0 Å². The van der Waals surface area contributed by atoms with E-state index in [4.69, 9.17) is 9.84 Å². The molecule has 19 heavy (non-hydrogen) atoms. The Balaban J connectivity index is 2.11. The van der Waals surface area contributed by atoms with Crippen LogP contribution in [0.4, 0.5) is 5.69 Å². The first-order valence-electron chi connectivity index (χ1n) is 6.27. The van der Waals surface area contributed by atoms with Crippen LogP contribution in [0.3, 0.4) is 0 Å². The number of ether oxygens (including phenoxy) is 1. The highest BCUT2D eigenvalue weighted by molar-refractivity contribution is 5.95. The lowest BCUT2D eigenvalue weighted by Crippen LogP contribution is -2.39. The Labute approximate surface area is 111 Å². The average molecular weight is 263 g/mol. The highest BCUT2D eigenvalue weighted by Crippen LogP contribution is 2.32. The van der Waals surface area contributed by atoms with Crippen molar-refractivity contribution in [1.82, 2.24) is 0 Å². The summed E-state index contributed by atoms with van der Waals surface area (Å²) >= 11 is 0. The molecule has 1 fully saturated rings. The van der Waals surface area contributed by atoms with Crippen LogP contribution in [0.5, 0.6) is 5.75 Å². The highest BCUT2D eigenvalue weighted by Gasteiger charge is 2.29. The summed E-state index contributed by atoms with van der Waals surface area (Å²) in [6.45, 7) is 0.539. The Morgan fingerprint density at radius 1 is 1.47 bits per heavy atom. The minimum absolute atomic E-state index is 0.0398. The smallest absolute Gasteiger partial charge is 0.303 e. The van der Waals surface area contributed by atoms with Crippen LogP contribution in [-0.4, -0.2) is 30.6 Å². The normalized spacial score (nSPS) is 19.3. The van der Waals surface area contributed by atoms with Crippen molar-refractivity contribution in [1.29, 1.82) is 0 Å². The minimum atomic E-state index is -0.844. The first kappa shape index (κ1) is 13.4. The number of carbonyl (C=O) groups excluding carboxylic acids is 1. The standard InChI is InChI=1S/C14H17NO4/c1-19-12-5-3-2-4-11(12)15-7-6-10(8-13(15)16)9-14(17)18/h2-5,10H,6-9H2,1H3,(H,17,18). The van der Waals surface area contributed by atoms with Crippen molar-refractivity contribution in [2.75, 3.05) is 18.6 Å². The van der Waals surface area contributed by atoms with Gasteiger partial charge in [0.1, 0.15) is 5.75 Å². The molecule has 0 spiro atoms. The van der Waals surface area contributed by atoms with Crippen molar-refractivity contribution in [2.24, 2.45) is 5.92 Å². The van der Waals surface area contributed by atoms with Gasteiger partial charge in [-0.15, -0.1) is 0 Å². The van der Waals surface area contributed by atoms with Crippen molar-refractivity contribution in [2.45, 2.75) is 19.3 Å². The number of anilines is 1. The highest BCUT2D eigenvalue weighted by atomic mass is 16.5. The molecule has 1 aliphatic heterocycles. The van der Waals surface area contributed by atoms with Gasteiger partial charge in [-0.1, -0.05) is 12.1 Å². The van der Waals surface area contributed by atoms with Crippen LogP contribution in [0.2, 0.25) is 0 Å². The van der Waals surface area contributed by atoms with E-state index in [9.17, 15) is 9.59 Å². The van der Waals surface area contributed by atoms with E-state index in [0.717, 1.165) is 5.69 Å². The zero-order valence-corrected chi connectivity index (χ0v) is 10.8. The Kier molecular flexibility index (Phi) is 4.04. The molecule has 1 heterocycles. The molecule has 1 unspecified atom stereocenters. The molecule has 1 aliphatic rings. The van der Waals surface area contributed by atoms with Crippen molar-refractivity contribution < 1.29 is 19.4 Å². The molecule has 0 aromatic heterocycles. The van der Waals surface area contributed by atoms with Crippen molar-refractivity contribution in [3.05, 3.63) is 24.3 Å². The minimum Gasteiger partial charge on any atom is -0.495 e. The maximum atomic E-state index is 12.1. The summed E-state index contributed by atoms with van der Waals surface area (Å²) in [5, 5.41) is 8.77. The number of benzene rings is 1. The fraction of sp³-hybridized carbons (Fsp3) is 0.429. The number of methoxy groups -OCH3 is 1. The zero-order valence-electron chi connectivity index (χ0n) is 10.8. The number of hydrogen-bond donors (Lipinski definition) is 1. The van der Waals surface area contributed by atoms with E-state index in [1.165, 1.54) is 0 Å². The molecule has 0 radical (unpaired) electrons. The predicted molar refractivity (Wildman–Crippen MR) is 70.3 cm³/mol. The molecule has 1 saturated heterocycles. The largest absolute Gasteiger partial charge is 0.495 e. The van der Waals surface area contributed by atoms with Gasteiger partial charge in [-0.05, 0) is 24.5 Å². The van der Waals surface area contributed by atoms with Gasteiger partial charge in [-0.3, -0.25) is 9.59 Å². The molecule has 0 aliphatic carbocycles. The number of rotatable bonds is 4. The number of carbonyl (C=O) groups is 2. The molecular formula is C14H17NO4. The second kappa shape index (κ2) is 5.73. The molecule has 5 heteroatoms. The van der Waals surface area contributed by atoms with Crippen LogP contribution in [0.1, 0.15) is 19.3 Å². The van der Waals surface area contributed by atoms with Gasteiger partial charge in [-0.2, -0.15) is 0 Å². The van der Waals surface area contributed by atoms with Crippen molar-refractivity contribution >= 4 is 17.6 Å². The molecular weight excluding hydrogens is 246 g/mol. The van der Waals surface area contributed by atoms with E-state index >= 15 is 0 Å². The average Bonchev–Trinajstić information content (AvgIpc) is 2.38. The van der Waals surface area contributed by atoms with E-state index in [0.29, 0.717) is 18.7 Å². The van der Waals surface area contributed by atoms with Gasteiger partial charge in [0.25, 0.3) is 0 Å². The maximum absolute atomic E-state index is 12.1. The quantitative estimate of drug-likeness (QED) is 0.901. The SMILES string of the molecule is COc1ccccc1N1CCC(CC(=O)O)CC1=O. The number of para-hydroxylation sites is 2. The lowest BCUT2D eigenvalue weighted by Gasteiger charge is -2.31. The van der Waals surface area contributed by atoms with Crippen LogP contribution in [-0.2, 0) is 9.59 Å². The number of carboxylic acids is 1. The molecule has 1 aromatic rings. The fourth-order valence-electron chi connectivity index (χ4n) is 2.42. The number of hydrogen-bond acceptors (Lipinski definition) is 3. The molecule has 1 atom stereocenters. The zero-order chi connectivity index (χ0) is 13.8. The second-order valence-electron chi connectivity index (χ2n) is 4.67. The second-order valence-corrected chi connectivity index (χ2v) is 4.67. The first-order valence-corrected chi connectivity index (χ1v) is 6.27. The molecule has 0 saturated carbocycles. The number of nitrogens with zero attached hydrogens (tertiary/aromatic N) is 1. The Hall–Kier alpha value is -2.04. The van der Waals surface area contributed by atoms with Gasteiger partial charge < -0.3 is 14.7 Å². The molecule has 0 bridgehead atoms. The molecule has 1 amide bonds. The van der Waals surface area contributed by atoms with Gasteiger partial charge in [0.15, 0.2) is 0 Å². The Bertz CT molecular complexity index is 486. The maximum Gasteiger partial charge on any atom is 0.303 e. The summed E-state index contributed by atoms with van der Waals surface area (Å²) in [5.74, 6) is -0.283. The third-order valence-corrected chi connectivity index (χ3v) is 3.36. The van der Waals surface area contributed by atoms with Crippen LogP contribution < -0.4 is 9.64 Å². The van der Waals surface area contributed by atoms with Gasteiger partial charge in [0, 0.05) is 19.4 Å². The van der Waals surface area contributed by atoms with E-state index in [1.54, 1.807) is 12.0 Å². The van der Waals surface area contributed by atoms with Crippen molar-refractivity contribution in [3.63, 3.8) is 0 Å². The predicted octanol–water partition coefficient (Wildman–Crippen LogP) is 1.91. The molecule has 1 N–H and O–H groups in total. The Morgan fingerprint density at radius 2 is 2.21 bits per heavy atom. The Morgan fingerprint density at radius 3 is 2.84 bits per heavy atom. The van der Waals surface area contributed by atoms with E-state index in [-0.39, 0.29) is 24.7 Å². The lowest BCUT2D eigenvalue weighted by atomic mass is 9.92. The van der Waals surface area contributed by atoms with Crippen LogP contribution >= 0.6 is 0 Å². The third-order valence-electron chi connectivity index (χ3n) is 3.36. The summed E-state index contributed by atoms with van der Waals surface area (Å²) in [5.41, 5.74) is 0.753. The van der Waals surface area contributed by atoms with Crippen molar-refractivity contribution in [3.8, 4) is 5.75 Å². The monoisotopic (exact) mass is 263 g/mol. The van der Waals surface area contributed by atoms with E-state index < -0.39 is 5.97 Å². The first-order chi connectivity index (χ1) is 9.11. The molecule has 2 rings (SSSR count). The molecule has 102 valence electrons.